The average Bonchev–Trinajstić information content (AvgIpc) is 3.03. The van der Waals surface area contributed by atoms with Crippen LogP contribution in [0, 0.1) is 12.7 Å². The second-order valence-corrected chi connectivity index (χ2v) is 6.04. The van der Waals surface area contributed by atoms with Crippen LogP contribution in [0.5, 0.6) is 0 Å². The zero-order chi connectivity index (χ0) is 17.8. The molecule has 0 saturated heterocycles. The smallest absolute Gasteiger partial charge is 0.158 e. The zero-order valence-corrected chi connectivity index (χ0v) is 15.0. The summed E-state index contributed by atoms with van der Waals surface area (Å²) in [6.45, 7) is 10.2. The number of fused-ring (bicyclic) bond motifs is 1. The lowest BCUT2D eigenvalue weighted by molar-refractivity contribution is 0.316. The van der Waals surface area contributed by atoms with E-state index in [9.17, 15) is 4.39 Å². The van der Waals surface area contributed by atoms with Gasteiger partial charge in [0.1, 0.15) is 11.6 Å². The van der Waals surface area contributed by atoms with E-state index in [1.807, 2.05) is 23.6 Å². The van der Waals surface area contributed by atoms with Gasteiger partial charge in [-0.25, -0.2) is 9.37 Å². The quantitative estimate of drug-likeness (QED) is 0.713. The van der Waals surface area contributed by atoms with Crippen LogP contribution in [0.3, 0.4) is 0 Å². The number of hydrogen-bond acceptors (Lipinski definition) is 4. The predicted octanol–water partition coefficient (Wildman–Crippen LogP) is 3.60. The molecule has 0 aliphatic heterocycles. The maximum absolute atomic E-state index is 13.1. The van der Waals surface area contributed by atoms with E-state index in [0.29, 0.717) is 0 Å². The Bertz CT molecular complexity index is 837. The van der Waals surface area contributed by atoms with Gasteiger partial charge >= 0.3 is 0 Å². The number of nitrogens with zero attached hydrogens (tertiary/aromatic N) is 4. The van der Waals surface area contributed by atoms with E-state index in [1.165, 1.54) is 12.1 Å². The van der Waals surface area contributed by atoms with Gasteiger partial charge in [0.05, 0.1) is 5.69 Å². The number of benzene rings is 1. The monoisotopic (exact) mass is 341 g/mol. The molecule has 3 aromatic rings. The Hall–Kier alpha value is -2.47. The molecule has 3 rings (SSSR count). The number of aryl methyl sites for hydroxylation is 1. The molecule has 0 spiro atoms. The Kier molecular flexibility index (Phi) is 5.28. The van der Waals surface area contributed by atoms with Crippen molar-refractivity contribution in [3.8, 4) is 11.3 Å². The molecule has 2 aromatic heterocycles. The second-order valence-electron chi connectivity index (χ2n) is 6.04. The van der Waals surface area contributed by atoms with E-state index >= 15 is 0 Å². The summed E-state index contributed by atoms with van der Waals surface area (Å²) in [4.78, 5) is 6.92. The summed E-state index contributed by atoms with van der Waals surface area (Å²) in [5, 5.41) is 8.11. The highest BCUT2D eigenvalue weighted by atomic mass is 19.1. The molecule has 1 aromatic carbocycles. The fourth-order valence-corrected chi connectivity index (χ4v) is 2.87. The molecule has 0 amide bonds. The lowest BCUT2D eigenvalue weighted by Gasteiger charge is -2.18. The largest absolute Gasteiger partial charge is 0.369 e. The summed E-state index contributed by atoms with van der Waals surface area (Å²) in [5.41, 5.74) is 3.37. The van der Waals surface area contributed by atoms with Crippen molar-refractivity contribution < 1.29 is 4.39 Å². The minimum absolute atomic E-state index is 0.250. The molecule has 0 saturated carbocycles. The molecule has 0 fully saturated rings. The van der Waals surface area contributed by atoms with Gasteiger partial charge in [0.15, 0.2) is 5.65 Å². The molecule has 0 unspecified atom stereocenters. The van der Waals surface area contributed by atoms with Crippen molar-refractivity contribution in [2.24, 2.45) is 0 Å². The van der Waals surface area contributed by atoms with Crippen LogP contribution < -0.4 is 5.32 Å². The first-order valence-electron chi connectivity index (χ1n) is 8.70. The highest BCUT2D eigenvalue weighted by Crippen LogP contribution is 2.22. The van der Waals surface area contributed by atoms with Crippen molar-refractivity contribution in [2.45, 2.75) is 20.8 Å². The molecular formula is C19H24FN5. The van der Waals surface area contributed by atoms with Crippen molar-refractivity contribution in [2.75, 3.05) is 31.5 Å². The van der Waals surface area contributed by atoms with Gasteiger partial charge < -0.3 is 10.2 Å². The fraction of sp³-hybridized carbons (Fsp3) is 0.368. The second kappa shape index (κ2) is 7.61. The summed E-state index contributed by atoms with van der Waals surface area (Å²) in [5.74, 6) is 0.670. The van der Waals surface area contributed by atoms with Gasteiger partial charge in [-0.05, 0) is 44.3 Å². The summed E-state index contributed by atoms with van der Waals surface area (Å²) >= 11 is 0. The maximum atomic E-state index is 13.1. The van der Waals surface area contributed by atoms with Gasteiger partial charge in [0, 0.05) is 36.5 Å². The molecule has 25 heavy (non-hydrogen) atoms. The Morgan fingerprint density at radius 2 is 1.84 bits per heavy atom. The first-order valence-corrected chi connectivity index (χ1v) is 8.70. The normalized spacial score (nSPS) is 11.4. The Labute approximate surface area is 147 Å². The first kappa shape index (κ1) is 17.4. The van der Waals surface area contributed by atoms with Crippen LogP contribution >= 0.6 is 0 Å². The number of halogens is 1. The van der Waals surface area contributed by atoms with E-state index in [2.05, 4.69) is 34.1 Å². The zero-order valence-electron chi connectivity index (χ0n) is 15.0. The topological polar surface area (TPSA) is 45.5 Å². The van der Waals surface area contributed by atoms with Gasteiger partial charge in [0.25, 0.3) is 0 Å². The molecule has 1 N–H and O–H groups in total. The van der Waals surface area contributed by atoms with Crippen LogP contribution in [-0.4, -0.2) is 45.7 Å². The van der Waals surface area contributed by atoms with E-state index in [-0.39, 0.29) is 5.82 Å². The number of aromatic nitrogens is 3. The molecule has 2 heterocycles. The van der Waals surface area contributed by atoms with E-state index in [0.717, 1.165) is 54.6 Å². The fourth-order valence-electron chi connectivity index (χ4n) is 2.87. The number of anilines is 1. The van der Waals surface area contributed by atoms with Crippen molar-refractivity contribution in [3.63, 3.8) is 0 Å². The number of nitrogens with one attached hydrogen (secondary N) is 1. The highest BCUT2D eigenvalue weighted by molar-refractivity contribution is 5.65. The molecular weight excluding hydrogens is 317 g/mol. The van der Waals surface area contributed by atoms with Crippen molar-refractivity contribution >= 4 is 11.5 Å². The molecule has 0 radical (unpaired) electrons. The maximum Gasteiger partial charge on any atom is 0.158 e. The van der Waals surface area contributed by atoms with E-state index in [4.69, 9.17) is 0 Å². The summed E-state index contributed by atoms with van der Waals surface area (Å²) < 4.78 is 14.9. The molecule has 0 bridgehead atoms. The van der Waals surface area contributed by atoms with Crippen molar-refractivity contribution in [1.29, 1.82) is 0 Å². The average molecular weight is 341 g/mol. The van der Waals surface area contributed by atoms with Crippen molar-refractivity contribution in [3.05, 3.63) is 47.9 Å². The third kappa shape index (κ3) is 3.96. The van der Waals surface area contributed by atoms with Crippen LogP contribution in [0.25, 0.3) is 16.9 Å². The summed E-state index contributed by atoms with van der Waals surface area (Å²) in [7, 11) is 0. The van der Waals surface area contributed by atoms with Gasteiger partial charge in [-0.1, -0.05) is 13.8 Å². The lowest BCUT2D eigenvalue weighted by Crippen LogP contribution is -2.29. The molecule has 0 aliphatic rings. The number of rotatable bonds is 7. The van der Waals surface area contributed by atoms with Gasteiger partial charge in [-0.3, -0.25) is 0 Å². The van der Waals surface area contributed by atoms with Crippen LogP contribution in [-0.2, 0) is 0 Å². The minimum Gasteiger partial charge on any atom is -0.369 e. The molecule has 0 atom stereocenters. The Morgan fingerprint density at radius 1 is 1.12 bits per heavy atom. The highest BCUT2D eigenvalue weighted by Gasteiger charge is 2.10. The van der Waals surface area contributed by atoms with Crippen LogP contribution in [0.4, 0.5) is 10.2 Å². The summed E-state index contributed by atoms with van der Waals surface area (Å²) in [6.07, 6.45) is 0. The van der Waals surface area contributed by atoms with Crippen molar-refractivity contribution in [1.82, 2.24) is 19.5 Å². The molecule has 6 heteroatoms. The molecule has 132 valence electrons. The van der Waals surface area contributed by atoms with E-state index < -0.39 is 0 Å². The lowest BCUT2D eigenvalue weighted by atomic mass is 10.1. The van der Waals surface area contributed by atoms with Crippen LogP contribution in [0.1, 0.15) is 19.5 Å². The standard InChI is InChI=1S/C19H24FN5/c1-4-24(5-2)11-10-21-18-12-14(3)22-19-13-17(23-25(18)19)15-6-8-16(20)9-7-15/h6-9,12-13,21H,4-5,10-11H2,1-3H3. The molecule has 5 nitrogen and oxygen atoms in total. The van der Waals surface area contributed by atoms with Gasteiger partial charge in [-0.15, -0.1) is 0 Å². The van der Waals surface area contributed by atoms with Crippen LogP contribution in [0.2, 0.25) is 0 Å². The first-order chi connectivity index (χ1) is 12.1. The molecule has 0 aliphatic carbocycles. The minimum atomic E-state index is -0.250. The van der Waals surface area contributed by atoms with E-state index in [1.54, 1.807) is 12.1 Å². The van der Waals surface area contributed by atoms with Crippen LogP contribution in [0.15, 0.2) is 36.4 Å². The Balaban J connectivity index is 1.87. The Morgan fingerprint density at radius 3 is 2.52 bits per heavy atom. The third-order valence-corrected chi connectivity index (χ3v) is 4.32. The summed E-state index contributed by atoms with van der Waals surface area (Å²) in [6, 6.07) is 10.3. The van der Waals surface area contributed by atoms with Gasteiger partial charge in [0.2, 0.25) is 0 Å². The SMILES string of the molecule is CCN(CC)CCNc1cc(C)nc2cc(-c3ccc(F)cc3)nn12. The van der Waals surface area contributed by atoms with Gasteiger partial charge in [-0.2, -0.15) is 9.61 Å². The predicted molar refractivity (Wildman–Crippen MR) is 99.4 cm³/mol. The third-order valence-electron chi connectivity index (χ3n) is 4.32. The number of hydrogen-bond donors (Lipinski definition) is 1. The number of likely N-dealkylation sites (N-methyl/N-ethyl adjacent to an activating group) is 1.